The van der Waals surface area contributed by atoms with Crippen LogP contribution in [0.2, 0.25) is 0 Å². The molecule has 2 fully saturated rings. The second-order valence-electron chi connectivity index (χ2n) is 7.44. The molecule has 0 bridgehead atoms. The normalized spacial score (nSPS) is 25.0. The molecule has 1 aromatic rings. The number of guanidine groups is 1. The van der Waals surface area contributed by atoms with Gasteiger partial charge in [0.1, 0.15) is 0 Å². The molecular weight excluding hydrogens is 308 g/mol. The average Bonchev–Trinajstić information content (AvgIpc) is 3.41. The Morgan fingerprint density at radius 3 is 2.56 bits per heavy atom. The van der Waals surface area contributed by atoms with Gasteiger partial charge in [-0.15, -0.1) is 0 Å². The maximum Gasteiger partial charge on any atom is 0.191 e. The predicted octanol–water partition coefficient (Wildman–Crippen LogP) is 3.36. The minimum absolute atomic E-state index is 0.532. The zero-order valence-corrected chi connectivity index (χ0v) is 15.9. The molecule has 0 spiro atoms. The third-order valence-corrected chi connectivity index (χ3v) is 5.41. The van der Waals surface area contributed by atoms with Crippen LogP contribution in [-0.2, 0) is 0 Å². The highest BCUT2D eigenvalue weighted by atomic mass is 15.2. The summed E-state index contributed by atoms with van der Waals surface area (Å²) < 4.78 is 0. The first-order valence-corrected chi connectivity index (χ1v) is 10.1. The van der Waals surface area contributed by atoms with Crippen molar-refractivity contribution in [3.8, 4) is 0 Å². The summed E-state index contributed by atoms with van der Waals surface area (Å²) in [7, 11) is 0. The fourth-order valence-electron chi connectivity index (χ4n) is 3.77. The largest absolute Gasteiger partial charge is 0.354 e. The summed E-state index contributed by atoms with van der Waals surface area (Å²) in [5.41, 5.74) is 1.44. The van der Waals surface area contributed by atoms with E-state index in [1.807, 2.05) is 0 Å². The summed E-state index contributed by atoms with van der Waals surface area (Å²) in [6.45, 7) is 8.90. The van der Waals surface area contributed by atoms with Crippen molar-refractivity contribution in [2.24, 2.45) is 4.99 Å². The van der Waals surface area contributed by atoms with Crippen LogP contribution in [0, 0.1) is 0 Å². The Bertz CT molecular complexity index is 534. The van der Waals surface area contributed by atoms with E-state index in [4.69, 9.17) is 0 Å². The third kappa shape index (κ3) is 5.46. The molecule has 0 amide bonds. The minimum atomic E-state index is 0.532. The molecule has 1 saturated heterocycles. The molecule has 1 aliphatic heterocycles. The molecule has 1 heterocycles. The summed E-state index contributed by atoms with van der Waals surface area (Å²) in [6.07, 6.45) is 6.27. The number of likely N-dealkylation sites (tertiary alicyclic amines) is 1. The van der Waals surface area contributed by atoms with Gasteiger partial charge >= 0.3 is 0 Å². The number of benzene rings is 1. The topological polar surface area (TPSA) is 39.7 Å². The first-order chi connectivity index (χ1) is 12.3. The number of hydrogen-bond acceptors (Lipinski definition) is 2. The molecule has 1 aliphatic carbocycles. The van der Waals surface area contributed by atoms with Crippen LogP contribution in [0.3, 0.4) is 0 Å². The molecule has 1 saturated carbocycles. The Labute approximate surface area is 153 Å². The van der Waals surface area contributed by atoms with Crippen LogP contribution in [0.1, 0.15) is 57.4 Å². The van der Waals surface area contributed by atoms with Gasteiger partial charge in [0, 0.05) is 37.6 Å². The van der Waals surface area contributed by atoms with Crippen LogP contribution in [0.25, 0.3) is 0 Å². The van der Waals surface area contributed by atoms with Crippen molar-refractivity contribution < 1.29 is 0 Å². The molecule has 138 valence electrons. The second kappa shape index (κ2) is 9.23. The number of nitrogens with zero attached hydrogens (tertiary/aromatic N) is 2. The van der Waals surface area contributed by atoms with Crippen molar-refractivity contribution in [3.05, 3.63) is 35.9 Å². The smallest absolute Gasteiger partial charge is 0.191 e. The van der Waals surface area contributed by atoms with E-state index in [9.17, 15) is 0 Å². The molecule has 2 unspecified atom stereocenters. The molecule has 4 heteroatoms. The molecule has 2 atom stereocenters. The summed E-state index contributed by atoms with van der Waals surface area (Å²) in [6, 6.07) is 11.9. The van der Waals surface area contributed by atoms with Gasteiger partial charge in [0.25, 0.3) is 0 Å². The van der Waals surface area contributed by atoms with E-state index in [1.54, 1.807) is 0 Å². The van der Waals surface area contributed by atoms with Gasteiger partial charge in [-0.3, -0.25) is 4.99 Å². The number of aliphatic imine (C=N–C) groups is 1. The van der Waals surface area contributed by atoms with Gasteiger partial charge in [-0.25, -0.2) is 0 Å². The zero-order chi connectivity index (χ0) is 17.5. The summed E-state index contributed by atoms with van der Waals surface area (Å²) in [4.78, 5) is 7.29. The summed E-state index contributed by atoms with van der Waals surface area (Å²) >= 11 is 0. The van der Waals surface area contributed by atoms with Crippen molar-refractivity contribution in [1.82, 2.24) is 15.5 Å². The van der Waals surface area contributed by atoms with E-state index in [0.717, 1.165) is 12.5 Å². The van der Waals surface area contributed by atoms with E-state index in [0.29, 0.717) is 18.0 Å². The fraction of sp³-hybridized carbons (Fsp3) is 0.667. The van der Waals surface area contributed by atoms with E-state index >= 15 is 0 Å². The lowest BCUT2D eigenvalue weighted by molar-refractivity contribution is 0.203. The monoisotopic (exact) mass is 342 g/mol. The fourth-order valence-corrected chi connectivity index (χ4v) is 3.77. The molecule has 4 nitrogen and oxygen atoms in total. The maximum absolute atomic E-state index is 4.68. The lowest BCUT2D eigenvalue weighted by atomic mass is 10.0. The highest BCUT2D eigenvalue weighted by molar-refractivity contribution is 5.81. The number of nitrogens with one attached hydrogen (secondary N) is 2. The predicted molar refractivity (Wildman–Crippen MR) is 106 cm³/mol. The van der Waals surface area contributed by atoms with E-state index in [-0.39, 0.29) is 0 Å². The first kappa shape index (κ1) is 18.2. The van der Waals surface area contributed by atoms with E-state index < -0.39 is 0 Å². The third-order valence-electron chi connectivity index (χ3n) is 5.41. The van der Waals surface area contributed by atoms with Crippen molar-refractivity contribution >= 4 is 5.96 Å². The number of hydrogen-bond donors (Lipinski definition) is 2. The molecule has 0 radical (unpaired) electrons. The molecule has 2 N–H and O–H groups in total. The van der Waals surface area contributed by atoms with Crippen LogP contribution in [0.4, 0.5) is 0 Å². The molecule has 1 aromatic carbocycles. The lowest BCUT2D eigenvalue weighted by Gasteiger charge is -2.33. The standard InChI is InChI=1S/C21H34N4/c1-3-5-13-25-14-11-18(12-15-25)23-21(22-4-2)24-20-16-19(20)17-9-7-6-8-10-17/h6-10,18-20H,3-5,11-16H2,1-2H3,(H2,22,23,24). The second-order valence-corrected chi connectivity index (χ2v) is 7.44. The van der Waals surface area contributed by atoms with Crippen LogP contribution in [0.15, 0.2) is 35.3 Å². The highest BCUT2D eigenvalue weighted by Gasteiger charge is 2.39. The van der Waals surface area contributed by atoms with Gasteiger partial charge in [-0.1, -0.05) is 43.7 Å². The van der Waals surface area contributed by atoms with Crippen LogP contribution in [0.5, 0.6) is 0 Å². The van der Waals surface area contributed by atoms with Crippen LogP contribution < -0.4 is 10.6 Å². The molecule has 25 heavy (non-hydrogen) atoms. The Balaban J connectivity index is 1.45. The van der Waals surface area contributed by atoms with Crippen molar-refractivity contribution in [2.75, 3.05) is 26.2 Å². The van der Waals surface area contributed by atoms with Crippen LogP contribution in [-0.4, -0.2) is 49.1 Å². The SMILES string of the molecule is CCCCN1CCC(NC(=NCC)NC2CC2c2ccccc2)CC1. The van der Waals surface area contributed by atoms with Gasteiger partial charge in [0.2, 0.25) is 0 Å². The Morgan fingerprint density at radius 1 is 1.12 bits per heavy atom. The lowest BCUT2D eigenvalue weighted by Crippen LogP contribution is -2.49. The van der Waals surface area contributed by atoms with E-state index in [2.05, 4.69) is 64.7 Å². The Morgan fingerprint density at radius 2 is 1.88 bits per heavy atom. The zero-order valence-electron chi connectivity index (χ0n) is 15.9. The highest BCUT2D eigenvalue weighted by Crippen LogP contribution is 2.40. The first-order valence-electron chi connectivity index (χ1n) is 10.1. The molecule has 0 aromatic heterocycles. The summed E-state index contributed by atoms with van der Waals surface area (Å²) in [5, 5.41) is 7.35. The quantitative estimate of drug-likeness (QED) is 0.589. The Hall–Kier alpha value is -1.55. The van der Waals surface area contributed by atoms with Crippen molar-refractivity contribution in [1.29, 1.82) is 0 Å². The molecule has 3 rings (SSSR count). The van der Waals surface area contributed by atoms with Crippen molar-refractivity contribution in [2.45, 2.75) is 64.0 Å². The van der Waals surface area contributed by atoms with Gasteiger partial charge in [0.15, 0.2) is 5.96 Å². The average molecular weight is 343 g/mol. The van der Waals surface area contributed by atoms with Crippen molar-refractivity contribution in [3.63, 3.8) is 0 Å². The maximum atomic E-state index is 4.68. The number of unbranched alkanes of at least 4 members (excludes halogenated alkanes) is 1. The molecule has 2 aliphatic rings. The minimum Gasteiger partial charge on any atom is -0.354 e. The van der Waals surface area contributed by atoms with Gasteiger partial charge in [-0.2, -0.15) is 0 Å². The van der Waals surface area contributed by atoms with E-state index in [1.165, 1.54) is 57.3 Å². The summed E-state index contributed by atoms with van der Waals surface area (Å²) in [5.74, 6) is 1.65. The number of piperidine rings is 1. The van der Waals surface area contributed by atoms with Gasteiger partial charge in [-0.05, 0) is 44.7 Å². The Kier molecular flexibility index (Phi) is 6.74. The molecular formula is C21H34N4. The van der Waals surface area contributed by atoms with Crippen LogP contribution >= 0.6 is 0 Å². The number of rotatable bonds is 7. The van der Waals surface area contributed by atoms with Gasteiger partial charge in [0.05, 0.1) is 0 Å². The van der Waals surface area contributed by atoms with Gasteiger partial charge < -0.3 is 15.5 Å².